The van der Waals surface area contributed by atoms with Gasteiger partial charge in [-0.3, -0.25) is 19.0 Å². The highest BCUT2D eigenvalue weighted by Gasteiger charge is 2.26. The van der Waals surface area contributed by atoms with E-state index in [1.165, 1.54) is 34.9 Å². The van der Waals surface area contributed by atoms with Crippen molar-refractivity contribution < 1.29 is 14.0 Å². The van der Waals surface area contributed by atoms with E-state index in [9.17, 15) is 18.8 Å². The van der Waals surface area contributed by atoms with Gasteiger partial charge in [0.25, 0.3) is 11.5 Å². The van der Waals surface area contributed by atoms with Crippen molar-refractivity contribution in [3.8, 4) is 5.69 Å². The van der Waals surface area contributed by atoms with Crippen molar-refractivity contribution in [1.29, 1.82) is 0 Å². The van der Waals surface area contributed by atoms with Crippen molar-refractivity contribution in [3.05, 3.63) is 92.1 Å². The number of pyridine rings is 1. The number of carbonyl (C=O) groups is 2. The van der Waals surface area contributed by atoms with Gasteiger partial charge in [-0.15, -0.1) is 0 Å². The molecule has 0 bridgehead atoms. The van der Waals surface area contributed by atoms with Gasteiger partial charge in [0, 0.05) is 23.4 Å². The van der Waals surface area contributed by atoms with E-state index in [1.54, 1.807) is 18.2 Å². The maximum absolute atomic E-state index is 13.4. The first-order chi connectivity index (χ1) is 14.3. The lowest BCUT2D eigenvalue weighted by Gasteiger charge is -2.21. The lowest BCUT2D eigenvalue weighted by molar-refractivity contribution is 0.0971. The van der Waals surface area contributed by atoms with Crippen LogP contribution in [-0.4, -0.2) is 16.3 Å². The van der Waals surface area contributed by atoms with Gasteiger partial charge >= 0.3 is 0 Å². The predicted octanol–water partition coefficient (Wildman–Crippen LogP) is 4.71. The predicted molar refractivity (Wildman–Crippen MR) is 113 cm³/mol. The molecule has 0 atom stereocenters. The van der Waals surface area contributed by atoms with Crippen LogP contribution in [0.1, 0.15) is 44.8 Å². The summed E-state index contributed by atoms with van der Waals surface area (Å²) in [5.41, 5.74) is 1.81. The SMILES string of the molecule is Cc1ccc(NC(=O)c2cc3c(n(-c4ccc(F)cc4)c2=O)CCCC3=O)c(Cl)c1. The Morgan fingerprint density at radius 1 is 1.07 bits per heavy atom. The number of rotatable bonds is 3. The molecule has 1 aliphatic rings. The highest BCUT2D eigenvalue weighted by Crippen LogP contribution is 2.26. The number of ketones is 1. The minimum absolute atomic E-state index is 0.130. The van der Waals surface area contributed by atoms with Gasteiger partial charge < -0.3 is 5.32 Å². The Hall–Kier alpha value is -3.25. The van der Waals surface area contributed by atoms with E-state index in [-0.39, 0.29) is 11.3 Å². The Labute approximate surface area is 177 Å². The van der Waals surface area contributed by atoms with Gasteiger partial charge in [0.05, 0.1) is 10.7 Å². The molecule has 3 aromatic rings. The number of anilines is 1. The smallest absolute Gasteiger partial charge is 0.268 e. The average Bonchev–Trinajstić information content (AvgIpc) is 2.71. The van der Waals surface area contributed by atoms with Gasteiger partial charge in [0.15, 0.2) is 5.78 Å². The fourth-order valence-corrected chi connectivity index (χ4v) is 3.91. The number of Topliss-reactive ketones (excluding diaryl/α,β-unsaturated/α-hetero) is 1. The summed E-state index contributed by atoms with van der Waals surface area (Å²) < 4.78 is 14.7. The molecule has 0 spiro atoms. The highest BCUT2D eigenvalue weighted by atomic mass is 35.5. The zero-order valence-electron chi connectivity index (χ0n) is 16.2. The number of nitrogens with zero attached hydrogens (tertiary/aromatic N) is 1. The third kappa shape index (κ3) is 3.66. The first-order valence-corrected chi connectivity index (χ1v) is 9.88. The van der Waals surface area contributed by atoms with Crippen LogP contribution in [-0.2, 0) is 6.42 Å². The van der Waals surface area contributed by atoms with Gasteiger partial charge in [-0.2, -0.15) is 0 Å². The Balaban J connectivity index is 1.86. The van der Waals surface area contributed by atoms with E-state index in [0.29, 0.717) is 46.9 Å². The van der Waals surface area contributed by atoms with E-state index < -0.39 is 17.3 Å². The normalized spacial score (nSPS) is 13.1. The Morgan fingerprint density at radius 3 is 2.50 bits per heavy atom. The van der Waals surface area contributed by atoms with Crippen molar-refractivity contribution in [2.75, 3.05) is 5.32 Å². The van der Waals surface area contributed by atoms with E-state index in [0.717, 1.165) is 5.56 Å². The molecule has 1 heterocycles. The number of nitrogens with one attached hydrogen (secondary N) is 1. The van der Waals surface area contributed by atoms with Crippen LogP contribution in [0.25, 0.3) is 5.69 Å². The molecule has 152 valence electrons. The summed E-state index contributed by atoms with van der Waals surface area (Å²) in [6.45, 7) is 1.87. The minimum Gasteiger partial charge on any atom is -0.320 e. The maximum atomic E-state index is 13.4. The van der Waals surface area contributed by atoms with Crippen molar-refractivity contribution in [2.45, 2.75) is 26.2 Å². The molecule has 0 unspecified atom stereocenters. The zero-order chi connectivity index (χ0) is 21.4. The quantitative estimate of drug-likeness (QED) is 0.662. The van der Waals surface area contributed by atoms with E-state index >= 15 is 0 Å². The summed E-state index contributed by atoms with van der Waals surface area (Å²) in [6, 6.07) is 11.9. The van der Waals surface area contributed by atoms with Gasteiger partial charge in [-0.05, 0) is 67.8 Å². The molecule has 0 fully saturated rings. The van der Waals surface area contributed by atoms with Crippen molar-refractivity contribution in [3.63, 3.8) is 0 Å². The second-order valence-electron chi connectivity index (χ2n) is 7.25. The number of aromatic nitrogens is 1. The summed E-state index contributed by atoms with van der Waals surface area (Å²) in [4.78, 5) is 38.7. The number of benzene rings is 2. The summed E-state index contributed by atoms with van der Waals surface area (Å²) in [5.74, 6) is -1.24. The van der Waals surface area contributed by atoms with Crippen LogP contribution in [0.15, 0.2) is 53.3 Å². The number of amides is 1. The molecule has 0 saturated carbocycles. The molecule has 0 radical (unpaired) electrons. The molecular formula is C23H18ClFN2O3. The molecule has 2 aromatic carbocycles. The van der Waals surface area contributed by atoms with Crippen LogP contribution in [0.5, 0.6) is 0 Å². The van der Waals surface area contributed by atoms with Crippen LogP contribution in [0.3, 0.4) is 0 Å². The van der Waals surface area contributed by atoms with E-state index in [2.05, 4.69) is 5.32 Å². The number of hydrogen-bond acceptors (Lipinski definition) is 3. The van der Waals surface area contributed by atoms with E-state index in [1.807, 2.05) is 6.92 Å². The fourth-order valence-electron chi connectivity index (χ4n) is 3.63. The molecule has 1 N–H and O–H groups in total. The monoisotopic (exact) mass is 424 g/mol. The Kier molecular flexibility index (Phi) is 5.26. The number of carbonyl (C=O) groups excluding carboxylic acids is 2. The van der Waals surface area contributed by atoms with E-state index in [4.69, 9.17) is 11.6 Å². The number of fused-ring (bicyclic) bond motifs is 1. The van der Waals surface area contributed by atoms with Gasteiger partial charge in [-0.25, -0.2) is 4.39 Å². The average molecular weight is 425 g/mol. The van der Waals surface area contributed by atoms with Crippen LogP contribution in [0.4, 0.5) is 10.1 Å². The molecule has 30 heavy (non-hydrogen) atoms. The summed E-state index contributed by atoms with van der Waals surface area (Å²) in [5, 5.41) is 2.99. The first-order valence-electron chi connectivity index (χ1n) is 9.51. The van der Waals surface area contributed by atoms with Crippen LogP contribution in [0.2, 0.25) is 5.02 Å². The van der Waals surface area contributed by atoms with Gasteiger partial charge in [0.2, 0.25) is 0 Å². The first kappa shape index (κ1) is 20.0. The highest BCUT2D eigenvalue weighted by molar-refractivity contribution is 6.34. The molecule has 1 aliphatic carbocycles. The standard InChI is InChI=1S/C23H18ClFN2O3/c1-13-5-10-19(18(24)11-13)26-22(29)17-12-16-20(3-2-4-21(16)28)27(23(17)30)15-8-6-14(25)7-9-15/h5-12H,2-4H2,1H3,(H,26,29). The summed E-state index contributed by atoms with van der Waals surface area (Å²) >= 11 is 6.19. The van der Waals surface area contributed by atoms with Crippen LogP contribution >= 0.6 is 11.6 Å². The maximum Gasteiger partial charge on any atom is 0.268 e. The van der Waals surface area contributed by atoms with Crippen molar-refractivity contribution >= 4 is 29.0 Å². The van der Waals surface area contributed by atoms with Gasteiger partial charge in [-0.1, -0.05) is 17.7 Å². The topological polar surface area (TPSA) is 68.2 Å². The lowest BCUT2D eigenvalue weighted by Crippen LogP contribution is -2.33. The molecule has 1 amide bonds. The molecule has 4 rings (SSSR count). The summed E-state index contributed by atoms with van der Waals surface area (Å²) in [7, 11) is 0. The van der Waals surface area contributed by atoms with Crippen molar-refractivity contribution in [2.24, 2.45) is 0 Å². The molecule has 1 aromatic heterocycles. The van der Waals surface area contributed by atoms with Gasteiger partial charge in [0.1, 0.15) is 11.4 Å². The lowest BCUT2D eigenvalue weighted by atomic mass is 9.92. The Morgan fingerprint density at radius 2 is 1.80 bits per heavy atom. The second kappa shape index (κ2) is 7.88. The molecule has 7 heteroatoms. The summed E-state index contributed by atoms with van der Waals surface area (Å²) in [6.07, 6.45) is 1.47. The Bertz CT molecular complexity index is 1230. The fraction of sp³-hybridized carbons (Fsp3) is 0.174. The molecular weight excluding hydrogens is 407 g/mol. The van der Waals surface area contributed by atoms with Crippen LogP contribution in [0, 0.1) is 12.7 Å². The number of halogens is 2. The van der Waals surface area contributed by atoms with Crippen molar-refractivity contribution in [1.82, 2.24) is 4.57 Å². The molecule has 0 saturated heterocycles. The third-order valence-electron chi connectivity index (χ3n) is 5.12. The third-order valence-corrected chi connectivity index (χ3v) is 5.44. The minimum atomic E-state index is -0.664. The number of hydrogen-bond donors (Lipinski definition) is 1. The van der Waals surface area contributed by atoms with Crippen LogP contribution < -0.4 is 10.9 Å². The zero-order valence-corrected chi connectivity index (χ0v) is 16.9. The number of aryl methyl sites for hydroxylation is 1. The molecule has 0 aliphatic heterocycles. The molecule has 5 nitrogen and oxygen atoms in total. The largest absolute Gasteiger partial charge is 0.320 e. The second-order valence-corrected chi connectivity index (χ2v) is 7.66.